The molecule has 2 aromatic rings. The Bertz CT molecular complexity index is 660. The molecular weight excluding hydrogens is 262 g/mol. The Morgan fingerprint density at radius 3 is 2.80 bits per heavy atom. The maximum atomic E-state index is 11.0. The van der Waals surface area contributed by atoms with Crippen molar-refractivity contribution in [3.8, 4) is 11.6 Å². The molecule has 0 amide bonds. The van der Waals surface area contributed by atoms with Gasteiger partial charge in [-0.15, -0.1) is 0 Å². The Hall–Kier alpha value is -2.74. The standard InChI is InChI=1S/C12H13N5O3/c1-7-3-4-9(17(18)19)10(5-7)20-11-8(2)6-14-12(15-11)16-13/h3-6H,13H2,1-2H3,(H,14,15,16). The lowest BCUT2D eigenvalue weighted by Gasteiger charge is -2.09. The molecule has 8 heteroatoms. The van der Waals surface area contributed by atoms with E-state index in [0.717, 1.165) is 5.56 Å². The fourth-order valence-corrected chi connectivity index (χ4v) is 1.56. The first-order valence-electron chi connectivity index (χ1n) is 5.74. The number of nitro groups is 1. The van der Waals surface area contributed by atoms with Gasteiger partial charge in [0.1, 0.15) is 0 Å². The summed E-state index contributed by atoms with van der Waals surface area (Å²) in [5.74, 6) is 5.73. The number of aromatic nitrogens is 2. The molecule has 0 spiro atoms. The third-order valence-corrected chi connectivity index (χ3v) is 2.57. The number of benzene rings is 1. The zero-order chi connectivity index (χ0) is 14.7. The van der Waals surface area contributed by atoms with Crippen molar-refractivity contribution in [1.82, 2.24) is 9.97 Å². The van der Waals surface area contributed by atoms with Gasteiger partial charge in [-0.2, -0.15) is 4.98 Å². The fourth-order valence-electron chi connectivity index (χ4n) is 1.56. The van der Waals surface area contributed by atoms with Gasteiger partial charge in [0.25, 0.3) is 0 Å². The van der Waals surface area contributed by atoms with Crippen LogP contribution in [0.2, 0.25) is 0 Å². The minimum Gasteiger partial charge on any atom is -0.431 e. The highest BCUT2D eigenvalue weighted by molar-refractivity contribution is 5.50. The smallest absolute Gasteiger partial charge is 0.311 e. The van der Waals surface area contributed by atoms with E-state index in [1.54, 1.807) is 19.1 Å². The van der Waals surface area contributed by atoms with Crippen LogP contribution in [0.4, 0.5) is 11.6 Å². The van der Waals surface area contributed by atoms with E-state index in [9.17, 15) is 10.1 Å². The third-order valence-electron chi connectivity index (χ3n) is 2.57. The largest absolute Gasteiger partial charge is 0.431 e. The number of nitrogens with two attached hydrogens (primary N) is 1. The molecule has 0 saturated carbocycles. The van der Waals surface area contributed by atoms with Crippen molar-refractivity contribution in [2.24, 2.45) is 5.84 Å². The Morgan fingerprint density at radius 2 is 2.15 bits per heavy atom. The van der Waals surface area contributed by atoms with Gasteiger partial charge in [-0.05, 0) is 25.5 Å². The molecular formula is C12H13N5O3. The lowest BCUT2D eigenvalue weighted by Crippen LogP contribution is -2.11. The van der Waals surface area contributed by atoms with Gasteiger partial charge in [0.2, 0.25) is 17.6 Å². The minimum absolute atomic E-state index is 0.125. The number of hydrogen-bond donors (Lipinski definition) is 2. The fraction of sp³-hybridized carbons (Fsp3) is 0.167. The number of rotatable bonds is 4. The lowest BCUT2D eigenvalue weighted by atomic mass is 10.2. The number of hydrazine groups is 1. The Labute approximate surface area is 114 Å². The summed E-state index contributed by atoms with van der Waals surface area (Å²) in [6.45, 7) is 3.55. The second kappa shape index (κ2) is 5.49. The first kappa shape index (κ1) is 13.7. The molecule has 0 fully saturated rings. The number of nitrogens with zero attached hydrogens (tertiary/aromatic N) is 3. The van der Waals surface area contributed by atoms with E-state index < -0.39 is 4.92 Å². The molecule has 0 radical (unpaired) electrons. The normalized spacial score (nSPS) is 10.2. The van der Waals surface area contributed by atoms with Gasteiger partial charge >= 0.3 is 5.69 Å². The summed E-state index contributed by atoms with van der Waals surface area (Å²) in [6.07, 6.45) is 1.51. The van der Waals surface area contributed by atoms with Crippen LogP contribution in [0, 0.1) is 24.0 Å². The molecule has 0 saturated heterocycles. The second-order valence-electron chi connectivity index (χ2n) is 4.16. The van der Waals surface area contributed by atoms with Crippen LogP contribution in [0.5, 0.6) is 11.6 Å². The maximum absolute atomic E-state index is 11.0. The van der Waals surface area contributed by atoms with Crippen LogP contribution in [-0.4, -0.2) is 14.9 Å². The topological polar surface area (TPSA) is 116 Å². The molecule has 2 rings (SSSR count). The summed E-state index contributed by atoms with van der Waals surface area (Å²) in [6, 6.07) is 4.61. The van der Waals surface area contributed by atoms with Crippen LogP contribution in [0.1, 0.15) is 11.1 Å². The highest BCUT2D eigenvalue weighted by Crippen LogP contribution is 2.32. The van der Waals surface area contributed by atoms with Crippen molar-refractivity contribution in [3.63, 3.8) is 0 Å². The number of aryl methyl sites for hydroxylation is 2. The molecule has 1 heterocycles. The number of anilines is 1. The number of nitro benzene ring substituents is 1. The summed E-state index contributed by atoms with van der Waals surface area (Å²) < 4.78 is 5.54. The van der Waals surface area contributed by atoms with E-state index in [0.29, 0.717) is 5.56 Å². The van der Waals surface area contributed by atoms with Crippen LogP contribution in [0.3, 0.4) is 0 Å². The average Bonchev–Trinajstić information content (AvgIpc) is 2.41. The number of nitrogen functional groups attached to an aromatic ring is 1. The number of ether oxygens (including phenoxy) is 1. The van der Waals surface area contributed by atoms with Crippen molar-refractivity contribution in [2.45, 2.75) is 13.8 Å². The van der Waals surface area contributed by atoms with E-state index in [2.05, 4.69) is 15.4 Å². The average molecular weight is 275 g/mol. The van der Waals surface area contributed by atoms with E-state index in [4.69, 9.17) is 10.6 Å². The SMILES string of the molecule is Cc1ccc([N+](=O)[O-])c(Oc2nc(NN)ncc2C)c1. The summed E-state index contributed by atoms with van der Waals surface area (Å²) in [4.78, 5) is 18.4. The van der Waals surface area contributed by atoms with Crippen LogP contribution < -0.4 is 16.0 Å². The van der Waals surface area contributed by atoms with Gasteiger partial charge in [-0.25, -0.2) is 10.8 Å². The summed E-state index contributed by atoms with van der Waals surface area (Å²) in [5.41, 5.74) is 3.65. The van der Waals surface area contributed by atoms with Crippen molar-refractivity contribution < 1.29 is 9.66 Å². The van der Waals surface area contributed by atoms with Crippen LogP contribution in [-0.2, 0) is 0 Å². The first-order chi connectivity index (χ1) is 9.51. The maximum Gasteiger partial charge on any atom is 0.311 e. The molecule has 20 heavy (non-hydrogen) atoms. The Balaban J connectivity index is 2.43. The summed E-state index contributed by atoms with van der Waals surface area (Å²) in [5, 5.41) is 11.0. The predicted octanol–water partition coefficient (Wildman–Crippen LogP) is 2.08. The number of hydrogen-bond acceptors (Lipinski definition) is 7. The molecule has 0 unspecified atom stereocenters. The van der Waals surface area contributed by atoms with Crippen molar-refractivity contribution in [1.29, 1.82) is 0 Å². The van der Waals surface area contributed by atoms with Crippen molar-refractivity contribution in [2.75, 3.05) is 5.43 Å². The van der Waals surface area contributed by atoms with Crippen LogP contribution in [0.25, 0.3) is 0 Å². The summed E-state index contributed by atoms with van der Waals surface area (Å²) in [7, 11) is 0. The molecule has 0 aliphatic carbocycles. The molecule has 8 nitrogen and oxygen atoms in total. The molecule has 1 aromatic carbocycles. The minimum atomic E-state index is -0.507. The number of nitrogens with one attached hydrogen (secondary N) is 1. The van der Waals surface area contributed by atoms with Crippen molar-refractivity contribution in [3.05, 3.63) is 45.6 Å². The van der Waals surface area contributed by atoms with Gasteiger partial charge < -0.3 is 4.74 Å². The molecule has 0 bridgehead atoms. The quantitative estimate of drug-likeness (QED) is 0.498. The molecule has 0 aliphatic rings. The lowest BCUT2D eigenvalue weighted by molar-refractivity contribution is -0.385. The molecule has 0 atom stereocenters. The van der Waals surface area contributed by atoms with Gasteiger partial charge in [0.15, 0.2) is 0 Å². The molecule has 3 N–H and O–H groups in total. The monoisotopic (exact) mass is 275 g/mol. The van der Waals surface area contributed by atoms with Crippen LogP contribution in [0.15, 0.2) is 24.4 Å². The van der Waals surface area contributed by atoms with E-state index in [1.165, 1.54) is 12.3 Å². The third kappa shape index (κ3) is 2.81. The Kier molecular flexibility index (Phi) is 3.76. The second-order valence-corrected chi connectivity index (χ2v) is 4.16. The van der Waals surface area contributed by atoms with Crippen LogP contribution >= 0.6 is 0 Å². The molecule has 104 valence electrons. The van der Waals surface area contributed by atoms with E-state index in [-0.39, 0.29) is 23.3 Å². The first-order valence-corrected chi connectivity index (χ1v) is 5.74. The van der Waals surface area contributed by atoms with Gasteiger partial charge in [-0.1, -0.05) is 6.07 Å². The highest BCUT2D eigenvalue weighted by Gasteiger charge is 2.17. The zero-order valence-corrected chi connectivity index (χ0v) is 11.0. The van der Waals surface area contributed by atoms with Gasteiger partial charge in [0.05, 0.1) is 4.92 Å². The Morgan fingerprint density at radius 1 is 1.40 bits per heavy atom. The van der Waals surface area contributed by atoms with Gasteiger partial charge in [-0.3, -0.25) is 15.5 Å². The van der Waals surface area contributed by atoms with E-state index in [1.807, 2.05) is 6.92 Å². The highest BCUT2D eigenvalue weighted by atomic mass is 16.6. The predicted molar refractivity (Wildman–Crippen MR) is 72.5 cm³/mol. The molecule has 1 aromatic heterocycles. The van der Waals surface area contributed by atoms with Crippen molar-refractivity contribution >= 4 is 11.6 Å². The summed E-state index contributed by atoms with van der Waals surface area (Å²) >= 11 is 0. The van der Waals surface area contributed by atoms with E-state index >= 15 is 0 Å². The molecule has 0 aliphatic heterocycles. The zero-order valence-electron chi connectivity index (χ0n) is 11.0. The van der Waals surface area contributed by atoms with Gasteiger partial charge in [0, 0.05) is 17.8 Å².